The fourth-order valence-corrected chi connectivity index (χ4v) is 2.68. The van der Waals surface area contributed by atoms with Gasteiger partial charge in [-0.3, -0.25) is 4.90 Å². The quantitative estimate of drug-likeness (QED) is 0.842. The van der Waals surface area contributed by atoms with Gasteiger partial charge in [-0.2, -0.15) is 0 Å². The van der Waals surface area contributed by atoms with Crippen LogP contribution in [0.15, 0.2) is 17.5 Å². The SMILES string of the molecule is CC(C)C(C)(O)CN(Cc1cccs1)C1CC1. The molecule has 1 unspecified atom stereocenters. The highest BCUT2D eigenvalue weighted by molar-refractivity contribution is 7.09. The maximum Gasteiger partial charge on any atom is 0.0769 e. The van der Waals surface area contributed by atoms with Crippen LogP contribution >= 0.6 is 11.3 Å². The van der Waals surface area contributed by atoms with E-state index in [4.69, 9.17) is 0 Å². The van der Waals surface area contributed by atoms with Crippen LogP contribution in [0.1, 0.15) is 38.5 Å². The largest absolute Gasteiger partial charge is 0.389 e. The minimum Gasteiger partial charge on any atom is -0.389 e. The molecule has 2 nitrogen and oxygen atoms in total. The Morgan fingerprint density at radius 1 is 1.53 bits per heavy atom. The first kappa shape index (κ1) is 13.1. The van der Waals surface area contributed by atoms with E-state index < -0.39 is 5.60 Å². The first-order valence-corrected chi connectivity index (χ1v) is 7.36. The molecule has 1 fully saturated rings. The van der Waals surface area contributed by atoms with Crippen LogP contribution in [-0.2, 0) is 6.54 Å². The number of rotatable bonds is 6. The lowest BCUT2D eigenvalue weighted by Gasteiger charge is -2.34. The summed E-state index contributed by atoms with van der Waals surface area (Å²) in [5, 5.41) is 12.6. The smallest absolute Gasteiger partial charge is 0.0769 e. The van der Waals surface area contributed by atoms with Gasteiger partial charge in [-0.1, -0.05) is 19.9 Å². The van der Waals surface area contributed by atoms with Gasteiger partial charge in [0, 0.05) is 24.0 Å². The van der Waals surface area contributed by atoms with Gasteiger partial charge in [0.15, 0.2) is 0 Å². The molecule has 1 N–H and O–H groups in total. The van der Waals surface area contributed by atoms with Crippen molar-refractivity contribution in [2.75, 3.05) is 6.54 Å². The first-order chi connectivity index (χ1) is 7.99. The first-order valence-electron chi connectivity index (χ1n) is 6.48. The Balaban J connectivity index is 1.98. The third kappa shape index (κ3) is 3.54. The van der Waals surface area contributed by atoms with Crippen LogP contribution in [0.25, 0.3) is 0 Å². The number of hydrogen-bond acceptors (Lipinski definition) is 3. The van der Waals surface area contributed by atoms with Crippen LogP contribution in [0, 0.1) is 5.92 Å². The van der Waals surface area contributed by atoms with E-state index in [9.17, 15) is 5.11 Å². The van der Waals surface area contributed by atoms with Crippen molar-refractivity contribution in [1.29, 1.82) is 0 Å². The van der Waals surface area contributed by atoms with Gasteiger partial charge in [0.2, 0.25) is 0 Å². The van der Waals surface area contributed by atoms with Crippen LogP contribution in [0.3, 0.4) is 0 Å². The van der Waals surface area contributed by atoms with Crippen LogP contribution in [-0.4, -0.2) is 28.2 Å². The molecule has 1 aliphatic carbocycles. The standard InChI is InChI=1S/C14H23NOS/c1-11(2)14(3,16)10-15(12-6-7-12)9-13-5-4-8-17-13/h4-5,8,11-12,16H,6-7,9-10H2,1-3H3. The maximum absolute atomic E-state index is 10.4. The average molecular weight is 253 g/mol. The third-order valence-corrected chi connectivity index (χ3v) is 4.63. The lowest BCUT2D eigenvalue weighted by molar-refractivity contribution is -0.0228. The van der Waals surface area contributed by atoms with E-state index in [-0.39, 0.29) is 0 Å². The van der Waals surface area contributed by atoms with Crippen molar-refractivity contribution in [3.8, 4) is 0 Å². The van der Waals surface area contributed by atoms with Crippen molar-refractivity contribution in [1.82, 2.24) is 4.90 Å². The normalized spacial score (nSPS) is 19.9. The summed E-state index contributed by atoms with van der Waals surface area (Å²) in [4.78, 5) is 3.85. The van der Waals surface area contributed by atoms with Crippen LogP contribution in [0.4, 0.5) is 0 Å². The highest BCUT2D eigenvalue weighted by atomic mass is 32.1. The molecule has 96 valence electrons. The molecular formula is C14H23NOS. The van der Waals surface area contributed by atoms with Crippen molar-refractivity contribution in [3.05, 3.63) is 22.4 Å². The monoisotopic (exact) mass is 253 g/mol. The summed E-state index contributed by atoms with van der Waals surface area (Å²) in [6.45, 7) is 7.92. The van der Waals surface area contributed by atoms with Crippen molar-refractivity contribution in [2.24, 2.45) is 5.92 Å². The second-order valence-electron chi connectivity index (χ2n) is 5.73. The van der Waals surface area contributed by atoms with E-state index in [2.05, 4.69) is 36.3 Å². The van der Waals surface area contributed by atoms with Gasteiger partial charge in [-0.15, -0.1) is 11.3 Å². The number of aliphatic hydroxyl groups is 1. The molecule has 0 amide bonds. The summed E-state index contributed by atoms with van der Waals surface area (Å²) in [7, 11) is 0. The fourth-order valence-electron chi connectivity index (χ4n) is 1.95. The zero-order chi connectivity index (χ0) is 12.5. The van der Waals surface area contributed by atoms with Crippen molar-refractivity contribution >= 4 is 11.3 Å². The Hall–Kier alpha value is -0.380. The Morgan fingerprint density at radius 3 is 2.71 bits per heavy atom. The Kier molecular flexibility index (Phi) is 3.91. The molecule has 1 aromatic heterocycles. The predicted molar refractivity (Wildman–Crippen MR) is 73.2 cm³/mol. The van der Waals surface area contributed by atoms with Gasteiger partial charge in [0.05, 0.1) is 5.60 Å². The molecule has 17 heavy (non-hydrogen) atoms. The molecule has 1 atom stereocenters. The van der Waals surface area contributed by atoms with Gasteiger partial charge in [-0.05, 0) is 37.1 Å². The average Bonchev–Trinajstić information content (AvgIpc) is 2.97. The molecule has 0 radical (unpaired) electrons. The molecule has 0 spiro atoms. The van der Waals surface area contributed by atoms with Crippen LogP contribution < -0.4 is 0 Å². The lowest BCUT2D eigenvalue weighted by Crippen LogP contribution is -2.45. The zero-order valence-corrected chi connectivity index (χ0v) is 11.8. The number of thiophene rings is 1. The molecule has 1 aliphatic rings. The van der Waals surface area contributed by atoms with E-state index in [1.165, 1.54) is 17.7 Å². The molecule has 3 heteroatoms. The lowest BCUT2D eigenvalue weighted by atomic mass is 9.92. The molecule has 0 saturated heterocycles. The van der Waals surface area contributed by atoms with Gasteiger partial charge in [0.1, 0.15) is 0 Å². The Labute approximate surface area is 108 Å². The molecule has 1 saturated carbocycles. The second kappa shape index (κ2) is 5.09. The molecule has 0 aromatic carbocycles. The van der Waals surface area contributed by atoms with Crippen molar-refractivity contribution < 1.29 is 5.11 Å². The van der Waals surface area contributed by atoms with E-state index in [1.54, 1.807) is 0 Å². The van der Waals surface area contributed by atoms with E-state index in [0.29, 0.717) is 12.0 Å². The van der Waals surface area contributed by atoms with Crippen molar-refractivity contribution in [3.63, 3.8) is 0 Å². The van der Waals surface area contributed by atoms with Crippen LogP contribution in [0.2, 0.25) is 0 Å². The highest BCUT2D eigenvalue weighted by Crippen LogP contribution is 2.31. The summed E-state index contributed by atoms with van der Waals surface area (Å²) in [5.74, 6) is 0.298. The topological polar surface area (TPSA) is 23.5 Å². The number of nitrogens with zero attached hydrogens (tertiary/aromatic N) is 1. The second-order valence-corrected chi connectivity index (χ2v) is 6.76. The van der Waals surface area contributed by atoms with Crippen molar-refractivity contribution in [2.45, 2.75) is 51.8 Å². The van der Waals surface area contributed by atoms with E-state index in [1.807, 2.05) is 18.3 Å². The molecule has 2 rings (SSSR count). The fraction of sp³-hybridized carbons (Fsp3) is 0.714. The molecular weight excluding hydrogens is 230 g/mol. The van der Waals surface area contributed by atoms with Crippen LogP contribution in [0.5, 0.6) is 0 Å². The maximum atomic E-state index is 10.4. The van der Waals surface area contributed by atoms with Gasteiger partial charge in [0.25, 0.3) is 0 Å². The highest BCUT2D eigenvalue weighted by Gasteiger charge is 2.35. The van der Waals surface area contributed by atoms with Gasteiger partial charge in [-0.25, -0.2) is 0 Å². The summed E-state index contributed by atoms with van der Waals surface area (Å²) in [6.07, 6.45) is 2.58. The molecule has 1 aromatic rings. The summed E-state index contributed by atoms with van der Waals surface area (Å²) < 4.78 is 0. The third-order valence-electron chi connectivity index (χ3n) is 3.77. The van der Waals surface area contributed by atoms with Gasteiger partial charge < -0.3 is 5.11 Å². The zero-order valence-electron chi connectivity index (χ0n) is 11.0. The summed E-state index contributed by atoms with van der Waals surface area (Å²) in [6, 6.07) is 4.98. The predicted octanol–water partition coefficient (Wildman–Crippen LogP) is 3.12. The summed E-state index contributed by atoms with van der Waals surface area (Å²) in [5.41, 5.74) is -0.583. The van der Waals surface area contributed by atoms with E-state index in [0.717, 1.165) is 13.1 Å². The Bertz CT molecular complexity index is 341. The van der Waals surface area contributed by atoms with Gasteiger partial charge >= 0.3 is 0 Å². The molecule has 1 heterocycles. The number of hydrogen-bond donors (Lipinski definition) is 1. The molecule has 0 aliphatic heterocycles. The minimum absolute atomic E-state index is 0.298. The minimum atomic E-state index is -0.583. The molecule has 0 bridgehead atoms. The Morgan fingerprint density at radius 2 is 2.24 bits per heavy atom. The van der Waals surface area contributed by atoms with E-state index >= 15 is 0 Å². The summed E-state index contributed by atoms with van der Waals surface area (Å²) >= 11 is 1.81.